The molecule has 3 rings (SSSR count). The summed E-state index contributed by atoms with van der Waals surface area (Å²) in [6.07, 6.45) is 3.72. The van der Waals surface area contributed by atoms with Crippen LogP contribution in [0.15, 0.2) is 30.5 Å². The van der Waals surface area contributed by atoms with Gasteiger partial charge in [-0.15, -0.1) is 0 Å². The number of fused-ring (bicyclic) bond motifs is 1. The van der Waals surface area contributed by atoms with Crippen LogP contribution in [0.3, 0.4) is 0 Å². The van der Waals surface area contributed by atoms with Crippen LogP contribution in [0.5, 0.6) is 0 Å². The summed E-state index contributed by atoms with van der Waals surface area (Å²) in [5.74, 6) is 0.342. The highest BCUT2D eigenvalue weighted by Gasteiger charge is 2.25. The van der Waals surface area contributed by atoms with E-state index in [1.807, 2.05) is 24.3 Å². The average molecular weight is 277 g/mol. The Hall–Kier alpha value is -1.32. The van der Waals surface area contributed by atoms with Crippen molar-refractivity contribution in [3.8, 4) is 0 Å². The Morgan fingerprint density at radius 2 is 2.05 bits per heavy atom. The van der Waals surface area contributed by atoms with Crippen molar-refractivity contribution in [1.29, 1.82) is 0 Å². The van der Waals surface area contributed by atoms with Gasteiger partial charge >= 0.3 is 0 Å². The minimum absolute atomic E-state index is 0.342. The standard InChI is InChI=1S/C15H17ClN2O/c1-17-7-5-11(6-8-17)15-9-13-12(10-18(15)19)3-2-4-14(13)16/h2-4,9-11H,5-8H2,1H3. The first-order valence-corrected chi connectivity index (χ1v) is 7.03. The van der Waals surface area contributed by atoms with Crippen molar-refractivity contribution in [1.82, 2.24) is 4.90 Å². The molecule has 0 saturated carbocycles. The zero-order valence-electron chi connectivity index (χ0n) is 11.0. The Kier molecular flexibility index (Phi) is 3.33. The number of benzene rings is 1. The second-order valence-electron chi connectivity index (χ2n) is 5.34. The van der Waals surface area contributed by atoms with Gasteiger partial charge in [-0.25, -0.2) is 0 Å². The van der Waals surface area contributed by atoms with Gasteiger partial charge in [0.2, 0.25) is 0 Å². The molecule has 19 heavy (non-hydrogen) atoms. The summed E-state index contributed by atoms with van der Waals surface area (Å²) in [5, 5.41) is 14.8. The van der Waals surface area contributed by atoms with Crippen LogP contribution in [-0.4, -0.2) is 25.0 Å². The minimum atomic E-state index is 0.342. The van der Waals surface area contributed by atoms with E-state index in [1.165, 1.54) is 0 Å². The number of hydrogen-bond acceptors (Lipinski definition) is 2. The van der Waals surface area contributed by atoms with Crippen LogP contribution >= 0.6 is 11.6 Å². The number of likely N-dealkylation sites (tertiary alicyclic amines) is 1. The fourth-order valence-corrected chi connectivity index (χ4v) is 3.07. The Balaban J connectivity index is 2.03. The second-order valence-corrected chi connectivity index (χ2v) is 5.75. The van der Waals surface area contributed by atoms with E-state index in [0.29, 0.717) is 10.9 Å². The van der Waals surface area contributed by atoms with Gasteiger partial charge in [-0.05, 0) is 45.1 Å². The third kappa shape index (κ3) is 2.40. The van der Waals surface area contributed by atoms with Crippen molar-refractivity contribution in [2.75, 3.05) is 20.1 Å². The Morgan fingerprint density at radius 3 is 2.79 bits per heavy atom. The normalized spacial score (nSPS) is 18.0. The molecule has 2 aromatic rings. The first-order chi connectivity index (χ1) is 9.15. The van der Waals surface area contributed by atoms with Gasteiger partial charge in [-0.3, -0.25) is 0 Å². The van der Waals surface area contributed by atoms with Crippen LogP contribution in [-0.2, 0) is 0 Å². The smallest absolute Gasteiger partial charge is 0.196 e. The van der Waals surface area contributed by atoms with Crippen molar-refractivity contribution < 1.29 is 4.73 Å². The van der Waals surface area contributed by atoms with Gasteiger partial charge in [0, 0.05) is 27.8 Å². The molecule has 1 aliphatic heterocycles. The third-order valence-corrected chi connectivity index (χ3v) is 4.36. The van der Waals surface area contributed by atoms with E-state index in [1.54, 1.807) is 6.20 Å². The zero-order chi connectivity index (χ0) is 13.4. The topological polar surface area (TPSA) is 30.2 Å². The van der Waals surface area contributed by atoms with Crippen molar-refractivity contribution in [2.45, 2.75) is 18.8 Å². The highest BCUT2D eigenvalue weighted by molar-refractivity contribution is 6.35. The molecule has 0 atom stereocenters. The summed E-state index contributed by atoms with van der Waals surface area (Å²) < 4.78 is 1.02. The number of pyridine rings is 1. The van der Waals surface area contributed by atoms with Crippen LogP contribution in [0.2, 0.25) is 5.02 Å². The van der Waals surface area contributed by atoms with Gasteiger partial charge < -0.3 is 10.1 Å². The first kappa shape index (κ1) is 12.7. The lowest BCUT2D eigenvalue weighted by atomic mass is 9.92. The van der Waals surface area contributed by atoms with Gasteiger partial charge in [0.15, 0.2) is 11.9 Å². The van der Waals surface area contributed by atoms with Gasteiger partial charge in [0.1, 0.15) is 0 Å². The predicted octanol–water partition coefficient (Wildman–Crippen LogP) is 2.94. The van der Waals surface area contributed by atoms with E-state index in [4.69, 9.17) is 11.6 Å². The summed E-state index contributed by atoms with van der Waals surface area (Å²) in [5.41, 5.74) is 0.855. The highest BCUT2D eigenvalue weighted by Crippen LogP contribution is 2.29. The molecule has 2 heterocycles. The van der Waals surface area contributed by atoms with E-state index >= 15 is 0 Å². The number of hydrogen-bond donors (Lipinski definition) is 0. The number of piperidine rings is 1. The molecule has 0 aliphatic carbocycles. The van der Waals surface area contributed by atoms with E-state index in [2.05, 4.69) is 11.9 Å². The maximum atomic E-state index is 12.2. The molecule has 1 aliphatic rings. The van der Waals surface area contributed by atoms with E-state index in [9.17, 15) is 5.21 Å². The maximum absolute atomic E-state index is 12.2. The SMILES string of the molecule is CN1CCC(c2cc3c(Cl)cccc3c[n+]2[O-])CC1. The third-order valence-electron chi connectivity index (χ3n) is 4.03. The molecule has 0 N–H and O–H groups in total. The second kappa shape index (κ2) is 4.99. The Morgan fingerprint density at radius 1 is 1.32 bits per heavy atom. The van der Waals surface area contributed by atoms with Gasteiger partial charge in [-0.2, -0.15) is 4.73 Å². The molecule has 1 fully saturated rings. The van der Waals surface area contributed by atoms with Crippen molar-refractivity contribution in [3.05, 3.63) is 46.4 Å². The Labute approximate surface area is 118 Å². The summed E-state index contributed by atoms with van der Waals surface area (Å²) in [4.78, 5) is 2.31. The molecule has 0 amide bonds. The molecule has 0 bridgehead atoms. The van der Waals surface area contributed by atoms with Crippen LogP contribution in [0.1, 0.15) is 24.5 Å². The minimum Gasteiger partial charge on any atom is -0.618 e. The molecule has 4 heteroatoms. The lowest BCUT2D eigenvalue weighted by Crippen LogP contribution is -2.37. The molecule has 1 aromatic heterocycles. The molecule has 100 valence electrons. The van der Waals surface area contributed by atoms with Crippen LogP contribution < -0.4 is 4.73 Å². The number of halogens is 1. The van der Waals surface area contributed by atoms with Crippen LogP contribution in [0.25, 0.3) is 10.8 Å². The van der Waals surface area contributed by atoms with E-state index in [-0.39, 0.29) is 0 Å². The number of aromatic nitrogens is 1. The molecular formula is C15H17ClN2O. The van der Waals surface area contributed by atoms with E-state index in [0.717, 1.165) is 47.1 Å². The van der Waals surface area contributed by atoms with Crippen LogP contribution in [0.4, 0.5) is 0 Å². The average Bonchev–Trinajstić information content (AvgIpc) is 2.40. The van der Waals surface area contributed by atoms with Crippen molar-refractivity contribution in [2.24, 2.45) is 0 Å². The molecule has 1 aromatic carbocycles. The molecule has 0 spiro atoms. The van der Waals surface area contributed by atoms with Crippen molar-refractivity contribution in [3.63, 3.8) is 0 Å². The summed E-state index contributed by atoms with van der Waals surface area (Å²) in [7, 11) is 2.12. The summed E-state index contributed by atoms with van der Waals surface area (Å²) in [6.45, 7) is 2.09. The predicted molar refractivity (Wildman–Crippen MR) is 77.4 cm³/mol. The number of rotatable bonds is 1. The summed E-state index contributed by atoms with van der Waals surface area (Å²) in [6, 6.07) is 7.64. The molecule has 0 unspecified atom stereocenters. The quantitative estimate of drug-likeness (QED) is 0.592. The monoisotopic (exact) mass is 276 g/mol. The van der Waals surface area contributed by atoms with Gasteiger partial charge in [-0.1, -0.05) is 17.7 Å². The lowest BCUT2D eigenvalue weighted by molar-refractivity contribution is -0.614. The Bertz CT molecular complexity index is 606. The fourth-order valence-electron chi connectivity index (χ4n) is 2.83. The van der Waals surface area contributed by atoms with Gasteiger partial charge in [0.05, 0.1) is 0 Å². The largest absolute Gasteiger partial charge is 0.618 e. The molecule has 0 radical (unpaired) electrons. The number of nitrogens with zero attached hydrogens (tertiary/aromatic N) is 2. The highest BCUT2D eigenvalue weighted by atomic mass is 35.5. The maximum Gasteiger partial charge on any atom is 0.196 e. The fraction of sp³-hybridized carbons (Fsp3) is 0.400. The molecule has 1 saturated heterocycles. The first-order valence-electron chi connectivity index (χ1n) is 6.65. The molecular weight excluding hydrogens is 260 g/mol. The molecule has 3 nitrogen and oxygen atoms in total. The van der Waals surface area contributed by atoms with Crippen molar-refractivity contribution >= 4 is 22.4 Å². The summed E-state index contributed by atoms with van der Waals surface area (Å²) >= 11 is 6.22. The van der Waals surface area contributed by atoms with Gasteiger partial charge in [0.25, 0.3) is 0 Å². The zero-order valence-corrected chi connectivity index (χ0v) is 11.7. The lowest BCUT2D eigenvalue weighted by Gasteiger charge is -2.27. The van der Waals surface area contributed by atoms with Crippen LogP contribution in [0, 0.1) is 5.21 Å². The van der Waals surface area contributed by atoms with E-state index < -0.39 is 0 Å².